The maximum Gasteiger partial charge on any atom is 0.319 e. The first kappa shape index (κ1) is 13.6. The van der Waals surface area contributed by atoms with Crippen LogP contribution in [0.25, 0.3) is 0 Å². The van der Waals surface area contributed by atoms with E-state index in [1.807, 2.05) is 0 Å². The summed E-state index contributed by atoms with van der Waals surface area (Å²) in [5.74, 6) is -2.31. The van der Waals surface area contributed by atoms with Crippen molar-refractivity contribution in [1.29, 1.82) is 0 Å². The Kier molecular flexibility index (Phi) is 3.64. The van der Waals surface area contributed by atoms with Crippen molar-refractivity contribution in [2.24, 2.45) is 5.41 Å². The second-order valence-corrected chi connectivity index (χ2v) is 4.76. The van der Waals surface area contributed by atoms with Crippen LogP contribution in [0, 0.1) is 17.0 Å². The fourth-order valence-electron chi connectivity index (χ4n) is 2.59. The summed E-state index contributed by atoms with van der Waals surface area (Å²) in [4.78, 5) is 23.9. The normalized spacial score (nSPS) is 22.6. The number of carbonyl (C=O) groups is 2. The predicted molar refractivity (Wildman–Crippen MR) is 63.4 cm³/mol. The highest BCUT2D eigenvalue weighted by Gasteiger charge is 2.49. The first-order chi connectivity index (χ1) is 8.99. The van der Waals surface area contributed by atoms with Crippen molar-refractivity contribution < 1.29 is 23.1 Å². The highest BCUT2D eigenvalue weighted by Crippen LogP contribution is 2.39. The van der Waals surface area contributed by atoms with Gasteiger partial charge in [0.25, 0.3) is 0 Å². The maximum atomic E-state index is 13.7. The van der Waals surface area contributed by atoms with Gasteiger partial charge in [0.15, 0.2) is 5.78 Å². The van der Waals surface area contributed by atoms with E-state index in [9.17, 15) is 18.4 Å². The van der Waals surface area contributed by atoms with Crippen molar-refractivity contribution >= 4 is 11.8 Å². The number of esters is 1. The molecule has 3 nitrogen and oxygen atoms in total. The van der Waals surface area contributed by atoms with Gasteiger partial charge in [0.1, 0.15) is 17.0 Å². The third kappa shape index (κ3) is 2.37. The molecule has 0 amide bonds. The molecule has 1 unspecified atom stereocenters. The number of ether oxygens (including phenoxy) is 1. The lowest BCUT2D eigenvalue weighted by atomic mass is 9.79. The molecule has 5 heteroatoms. The van der Waals surface area contributed by atoms with E-state index in [1.165, 1.54) is 13.2 Å². The van der Waals surface area contributed by atoms with Gasteiger partial charge in [0.2, 0.25) is 0 Å². The number of ketones is 1. The Balaban J connectivity index is 2.36. The Labute approximate surface area is 109 Å². The molecule has 0 aliphatic heterocycles. The van der Waals surface area contributed by atoms with Gasteiger partial charge in [0.05, 0.1) is 7.11 Å². The Morgan fingerprint density at radius 2 is 2.16 bits per heavy atom. The first-order valence-electron chi connectivity index (χ1n) is 6.05. The summed E-state index contributed by atoms with van der Waals surface area (Å²) in [5.41, 5.74) is -1.16. The van der Waals surface area contributed by atoms with E-state index in [4.69, 9.17) is 0 Å². The molecule has 0 aromatic heterocycles. The third-order valence-corrected chi connectivity index (χ3v) is 3.62. The Morgan fingerprint density at radius 1 is 1.42 bits per heavy atom. The molecule has 0 saturated heterocycles. The van der Waals surface area contributed by atoms with Crippen LogP contribution in [0.5, 0.6) is 0 Å². The van der Waals surface area contributed by atoms with Gasteiger partial charge in [-0.1, -0.05) is 6.07 Å². The van der Waals surface area contributed by atoms with Gasteiger partial charge < -0.3 is 4.74 Å². The van der Waals surface area contributed by atoms with E-state index in [1.54, 1.807) is 0 Å². The molecule has 0 heterocycles. The zero-order valence-corrected chi connectivity index (χ0v) is 10.5. The Bertz CT molecular complexity index is 527. The summed E-state index contributed by atoms with van der Waals surface area (Å²) < 4.78 is 31.2. The number of benzene rings is 1. The molecular weight excluding hydrogens is 254 g/mol. The number of Topliss-reactive ketones (excluding diaryl/α,β-unsaturated/α-hetero) is 1. The Morgan fingerprint density at radius 3 is 2.68 bits per heavy atom. The zero-order chi connectivity index (χ0) is 14.0. The topological polar surface area (TPSA) is 43.4 Å². The van der Waals surface area contributed by atoms with Crippen molar-refractivity contribution in [2.75, 3.05) is 7.11 Å². The molecule has 0 spiro atoms. The third-order valence-electron chi connectivity index (χ3n) is 3.62. The van der Waals surface area contributed by atoms with E-state index >= 15 is 0 Å². The van der Waals surface area contributed by atoms with Gasteiger partial charge in [-0.3, -0.25) is 9.59 Å². The lowest BCUT2D eigenvalue weighted by molar-refractivity contribution is -0.156. The molecule has 1 aliphatic rings. The van der Waals surface area contributed by atoms with Gasteiger partial charge in [-0.25, -0.2) is 8.78 Å². The van der Waals surface area contributed by atoms with Gasteiger partial charge in [-0.2, -0.15) is 0 Å². The fraction of sp³-hybridized carbons (Fsp3) is 0.429. The molecule has 102 valence electrons. The summed E-state index contributed by atoms with van der Waals surface area (Å²) >= 11 is 0. The second kappa shape index (κ2) is 5.07. The molecule has 0 bridgehead atoms. The minimum atomic E-state index is -1.31. The summed E-state index contributed by atoms with van der Waals surface area (Å²) in [6, 6.07) is 3.13. The molecule has 1 aromatic rings. The standard InChI is InChI=1S/C14H14F2O3/c1-19-13(18)14(6-2-3-12(14)17)8-9-4-5-10(15)7-11(9)16/h4-5,7H,2-3,6,8H2,1H3. The summed E-state index contributed by atoms with van der Waals surface area (Å²) in [7, 11) is 1.21. The summed E-state index contributed by atoms with van der Waals surface area (Å²) in [6.07, 6.45) is 1.13. The van der Waals surface area contributed by atoms with E-state index in [0.29, 0.717) is 12.8 Å². The zero-order valence-electron chi connectivity index (χ0n) is 10.5. The van der Waals surface area contributed by atoms with Crippen molar-refractivity contribution in [2.45, 2.75) is 25.7 Å². The van der Waals surface area contributed by atoms with Crippen molar-refractivity contribution in [3.05, 3.63) is 35.4 Å². The fourth-order valence-corrected chi connectivity index (χ4v) is 2.59. The quantitative estimate of drug-likeness (QED) is 0.624. The molecule has 0 radical (unpaired) electrons. The van der Waals surface area contributed by atoms with E-state index in [2.05, 4.69) is 4.74 Å². The molecule has 1 fully saturated rings. The van der Waals surface area contributed by atoms with Crippen LogP contribution in [0.2, 0.25) is 0 Å². The van der Waals surface area contributed by atoms with Gasteiger partial charge >= 0.3 is 5.97 Å². The Hall–Kier alpha value is -1.78. The minimum Gasteiger partial charge on any atom is -0.468 e. The summed E-state index contributed by atoms with van der Waals surface area (Å²) in [5, 5.41) is 0. The van der Waals surface area contributed by atoms with Crippen LogP contribution in [0.3, 0.4) is 0 Å². The van der Waals surface area contributed by atoms with Crippen LogP contribution >= 0.6 is 0 Å². The second-order valence-electron chi connectivity index (χ2n) is 4.76. The van der Waals surface area contributed by atoms with E-state index in [-0.39, 0.29) is 24.2 Å². The number of methoxy groups -OCH3 is 1. The molecule has 1 atom stereocenters. The first-order valence-corrected chi connectivity index (χ1v) is 6.05. The lowest BCUT2D eigenvalue weighted by Crippen LogP contribution is -2.38. The van der Waals surface area contributed by atoms with E-state index < -0.39 is 23.0 Å². The summed E-state index contributed by atoms with van der Waals surface area (Å²) in [6.45, 7) is 0. The molecule has 19 heavy (non-hydrogen) atoms. The smallest absolute Gasteiger partial charge is 0.319 e. The molecule has 1 aliphatic carbocycles. The lowest BCUT2D eigenvalue weighted by Gasteiger charge is -2.24. The van der Waals surface area contributed by atoms with Crippen molar-refractivity contribution in [1.82, 2.24) is 0 Å². The number of hydrogen-bond acceptors (Lipinski definition) is 3. The van der Waals surface area contributed by atoms with Crippen molar-refractivity contribution in [3.63, 3.8) is 0 Å². The number of halogens is 2. The highest BCUT2D eigenvalue weighted by atomic mass is 19.1. The minimum absolute atomic E-state index is 0.0788. The average molecular weight is 268 g/mol. The van der Waals surface area contributed by atoms with Crippen LogP contribution < -0.4 is 0 Å². The molecule has 1 aromatic carbocycles. The van der Waals surface area contributed by atoms with Crippen LogP contribution in [0.4, 0.5) is 8.78 Å². The molecular formula is C14H14F2O3. The van der Waals surface area contributed by atoms with Crippen LogP contribution in [0.15, 0.2) is 18.2 Å². The largest absolute Gasteiger partial charge is 0.468 e. The number of rotatable bonds is 3. The SMILES string of the molecule is COC(=O)C1(Cc2ccc(F)cc2F)CCCC1=O. The maximum absolute atomic E-state index is 13.7. The monoisotopic (exact) mass is 268 g/mol. The van der Waals surface area contributed by atoms with Crippen LogP contribution in [-0.4, -0.2) is 18.9 Å². The van der Waals surface area contributed by atoms with Gasteiger partial charge in [-0.05, 0) is 30.9 Å². The number of hydrogen-bond donors (Lipinski definition) is 0. The molecule has 0 N–H and O–H groups in total. The molecule has 1 saturated carbocycles. The van der Waals surface area contributed by atoms with Crippen molar-refractivity contribution in [3.8, 4) is 0 Å². The van der Waals surface area contributed by atoms with Gasteiger partial charge in [-0.15, -0.1) is 0 Å². The highest BCUT2D eigenvalue weighted by molar-refractivity contribution is 6.05. The number of carbonyl (C=O) groups excluding carboxylic acids is 2. The van der Waals surface area contributed by atoms with Gasteiger partial charge in [0, 0.05) is 12.5 Å². The predicted octanol–water partition coefficient (Wildman–Crippen LogP) is 2.42. The molecule has 2 rings (SSSR count). The van der Waals surface area contributed by atoms with E-state index in [0.717, 1.165) is 12.1 Å². The average Bonchev–Trinajstić information content (AvgIpc) is 2.74. The van der Waals surface area contributed by atoms with Crippen LogP contribution in [0.1, 0.15) is 24.8 Å². The van der Waals surface area contributed by atoms with Crippen LogP contribution in [-0.2, 0) is 20.7 Å².